The lowest BCUT2D eigenvalue weighted by Gasteiger charge is -2.27. The third kappa shape index (κ3) is 4.80. The van der Waals surface area contributed by atoms with E-state index in [9.17, 15) is 0 Å². The van der Waals surface area contributed by atoms with E-state index in [1.807, 2.05) is 24.5 Å². The van der Waals surface area contributed by atoms with Crippen molar-refractivity contribution in [1.29, 1.82) is 0 Å². The fraction of sp³-hybridized carbons (Fsp3) is 0.542. The Morgan fingerprint density at radius 2 is 1.66 bits per heavy atom. The van der Waals surface area contributed by atoms with Gasteiger partial charge in [-0.05, 0) is 50.7 Å². The van der Waals surface area contributed by atoms with Gasteiger partial charge in [-0.1, -0.05) is 31.0 Å². The first-order valence-electron chi connectivity index (χ1n) is 12.1. The molecule has 5 rings (SSSR count). The fourth-order valence-corrected chi connectivity index (χ4v) is 4.94. The molecule has 2 saturated carbocycles. The highest BCUT2D eigenvalue weighted by molar-refractivity contribution is 5.84. The summed E-state index contributed by atoms with van der Waals surface area (Å²) in [6.07, 6.45) is 11.1. The second-order valence-corrected chi connectivity index (χ2v) is 9.13. The average molecular weight is 435 g/mol. The van der Waals surface area contributed by atoms with E-state index in [2.05, 4.69) is 32.7 Å². The molecule has 0 saturated heterocycles. The number of nitrogens with zero attached hydrogens (tertiary/aromatic N) is 4. The summed E-state index contributed by atoms with van der Waals surface area (Å²) >= 11 is 0. The predicted molar refractivity (Wildman–Crippen MR) is 130 cm³/mol. The van der Waals surface area contributed by atoms with Gasteiger partial charge in [-0.3, -0.25) is 0 Å². The Hall–Kier alpha value is -2.87. The molecule has 2 fully saturated rings. The SMILES string of the molecule is N[C@H]1CC[C@H](Nc2nc(NCCNc3ccccc3)c3ncn(C4CCCC4)c3n2)CC1. The summed E-state index contributed by atoms with van der Waals surface area (Å²) in [5.74, 6) is 1.49. The fourth-order valence-electron chi connectivity index (χ4n) is 4.94. The van der Waals surface area contributed by atoms with Gasteiger partial charge in [-0.15, -0.1) is 0 Å². The predicted octanol–water partition coefficient (Wildman–Crippen LogP) is 4.15. The number of fused-ring (bicyclic) bond motifs is 1. The van der Waals surface area contributed by atoms with Crippen molar-refractivity contribution < 1.29 is 0 Å². The van der Waals surface area contributed by atoms with Crippen LogP contribution in [0.1, 0.15) is 57.4 Å². The Morgan fingerprint density at radius 1 is 0.906 bits per heavy atom. The number of aromatic nitrogens is 4. The zero-order chi connectivity index (χ0) is 21.8. The van der Waals surface area contributed by atoms with Crippen LogP contribution in [0.3, 0.4) is 0 Å². The highest BCUT2D eigenvalue weighted by Gasteiger charge is 2.23. The van der Waals surface area contributed by atoms with Crippen LogP contribution in [0.15, 0.2) is 36.7 Å². The molecule has 170 valence electrons. The molecule has 0 atom stereocenters. The standard InChI is InChI=1S/C24H34N8/c25-17-10-12-19(13-11-17)29-24-30-22(27-15-14-26-18-6-2-1-3-7-18)21-23(31-24)32(16-28-21)20-8-4-5-9-20/h1-3,6-7,16-17,19-20,26H,4-5,8-15,25H2,(H2,27,29,30,31)/t17-,19-. The number of hydrogen-bond donors (Lipinski definition) is 4. The van der Waals surface area contributed by atoms with Crippen molar-refractivity contribution in [3.63, 3.8) is 0 Å². The van der Waals surface area contributed by atoms with Crippen molar-refractivity contribution in [3.8, 4) is 0 Å². The Bertz CT molecular complexity index is 1000. The van der Waals surface area contributed by atoms with Gasteiger partial charge in [0.15, 0.2) is 17.0 Å². The van der Waals surface area contributed by atoms with E-state index in [1.165, 1.54) is 25.7 Å². The van der Waals surface area contributed by atoms with Gasteiger partial charge in [0.1, 0.15) is 0 Å². The number of para-hydroxylation sites is 1. The molecule has 2 aliphatic carbocycles. The highest BCUT2D eigenvalue weighted by atomic mass is 15.2. The van der Waals surface area contributed by atoms with Crippen LogP contribution in [0.4, 0.5) is 17.5 Å². The van der Waals surface area contributed by atoms with Crippen molar-refractivity contribution >= 4 is 28.6 Å². The summed E-state index contributed by atoms with van der Waals surface area (Å²) in [6, 6.07) is 11.4. The van der Waals surface area contributed by atoms with E-state index in [4.69, 9.17) is 20.7 Å². The van der Waals surface area contributed by atoms with E-state index < -0.39 is 0 Å². The molecule has 3 aromatic rings. The third-order valence-corrected chi connectivity index (χ3v) is 6.76. The lowest BCUT2D eigenvalue weighted by Crippen LogP contribution is -2.33. The van der Waals surface area contributed by atoms with Gasteiger partial charge in [-0.25, -0.2) is 4.98 Å². The molecule has 32 heavy (non-hydrogen) atoms. The van der Waals surface area contributed by atoms with Gasteiger partial charge < -0.3 is 26.3 Å². The summed E-state index contributed by atoms with van der Waals surface area (Å²) in [5, 5.41) is 10.5. The zero-order valence-electron chi connectivity index (χ0n) is 18.6. The molecule has 1 aromatic carbocycles. The first-order chi connectivity index (χ1) is 15.8. The van der Waals surface area contributed by atoms with Crippen LogP contribution in [0.25, 0.3) is 11.2 Å². The number of imidazole rings is 1. The molecule has 0 amide bonds. The van der Waals surface area contributed by atoms with Crippen LogP contribution < -0.4 is 21.7 Å². The van der Waals surface area contributed by atoms with Gasteiger partial charge in [0, 0.05) is 36.9 Å². The molecule has 2 aliphatic rings. The topological polar surface area (TPSA) is 106 Å². The van der Waals surface area contributed by atoms with Gasteiger partial charge in [0.25, 0.3) is 0 Å². The number of benzene rings is 1. The lowest BCUT2D eigenvalue weighted by molar-refractivity contribution is 0.410. The van der Waals surface area contributed by atoms with Gasteiger partial charge in [0.2, 0.25) is 5.95 Å². The maximum absolute atomic E-state index is 6.09. The molecule has 8 heteroatoms. The number of rotatable bonds is 8. The zero-order valence-corrected chi connectivity index (χ0v) is 18.6. The van der Waals surface area contributed by atoms with E-state index in [1.54, 1.807) is 0 Å². The molecule has 0 unspecified atom stereocenters. The maximum atomic E-state index is 6.09. The van der Waals surface area contributed by atoms with Crippen molar-refractivity contribution in [2.75, 3.05) is 29.0 Å². The van der Waals surface area contributed by atoms with E-state index in [-0.39, 0.29) is 0 Å². The van der Waals surface area contributed by atoms with Gasteiger partial charge in [-0.2, -0.15) is 9.97 Å². The largest absolute Gasteiger partial charge is 0.383 e. The summed E-state index contributed by atoms with van der Waals surface area (Å²) in [5.41, 5.74) is 8.99. The number of nitrogens with one attached hydrogen (secondary N) is 3. The van der Waals surface area contributed by atoms with Crippen LogP contribution in [0.2, 0.25) is 0 Å². The minimum Gasteiger partial charge on any atom is -0.383 e. The van der Waals surface area contributed by atoms with Crippen molar-refractivity contribution in [2.24, 2.45) is 5.73 Å². The first kappa shape index (κ1) is 21.0. The Labute approximate surface area is 189 Å². The maximum Gasteiger partial charge on any atom is 0.227 e. The second kappa shape index (κ2) is 9.73. The van der Waals surface area contributed by atoms with E-state index in [0.29, 0.717) is 24.1 Å². The molecular weight excluding hydrogens is 400 g/mol. The Balaban J connectivity index is 1.34. The molecule has 0 spiro atoms. The molecule has 0 aliphatic heterocycles. The Kier molecular flexibility index (Phi) is 6.39. The normalized spacial score (nSPS) is 21.7. The molecule has 0 radical (unpaired) electrons. The molecule has 2 aromatic heterocycles. The van der Waals surface area contributed by atoms with Crippen LogP contribution >= 0.6 is 0 Å². The van der Waals surface area contributed by atoms with Crippen molar-refractivity contribution in [1.82, 2.24) is 19.5 Å². The summed E-state index contributed by atoms with van der Waals surface area (Å²) in [6.45, 7) is 1.54. The van der Waals surface area contributed by atoms with Crippen LogP contribution in [0, 0.1) is 0 Å². The average Bonchev–Trinajstić information content (AvgIpc) is 3.49. The molecule has 8 nitrogen and oxygen atoms in total. The summed E-state index contributed by atoms with van der Waals surface area (Å²) in [4.78, 5) is 14.5. The first-order valence-corrected chi connectivity index (χ1v) is 12.1. The van der Waals surface area contributed by atoms with Crippen molar-refractivity contribution in [3.05, 3.63) is 36.7 Å². The number of hydrogen-bond acceptors (Lipinski definition) is 7. The van der Waals surface area contributed by atoms with E-state index in [0.717, 1.165) is 61.4 Å². The van der Waals surface area contributed by atoms with E-state index >= 15 is 0 Å². The number of anilines is 3. The summed E-state index contributed by atoms with van der Waals surface area (Å²) < 4.78 is 2.26. The molecule has 0 bridgehead atoms. The van der Waals surface area contributed by atoms with Crippen LogP contribution in [-0.4, -0.2) is 44.7 Å². The molecular formula is C24H34N8. The molecule has 2 heterocycles. The Morgan fingerprint density at radius 3 is 2.44 bits per heavy atom. The van der Waals surface area contributed by atoms with Crippen LogP contribution in [-0.2, 0) is 0 Å². The lowest BCUT2D eigenvalue weighted by atomic mass is 9.92. The summed E-state index contributed by atoms with van der Waals surface area (Å²) in [7, 11) is 0. The van der Waals surface area contributed by atoms with Crippen molar-refractivity contribution in [2.45, 2.75) is 69.5 Å². The second-order valence-electron chi connectivity index (χ2n) is 9.13. The quantitative estimate of drug-likeness (QED) is 0.395. The highest BCUT2D eigenvalue weighted by Crippen LogP contribution is 2.33. The molecule has 5 N–H and O–H groups in total. The minimum atomic E-state index is 0.328. The van der Waals surface area contributed by atoms with Crippen LogP contribution in [0.5, 0.6) is 0 Å². The number of nitrogens with two attached hydrogens (primary N) is 1. The van der Waals surface area contributed by atoms with Gasteiger partial charge >= 0.3 is 0 Å². The third-order valence-electron chi connectivity index (χ3n) is 6.76. The monoisotopic (exact) mass is 434 g/mol. The minimum absolute atomic E-state index is 0.328. The van der Waals surface area contributed by atoms with Gasteiger partial charge in [0.05, 0.1) is 6.33 Å². The smallest absolute Gasteiger partial charge is 0.227 e.